The van der Waals surface area contributed by atoms with E-state index in [0.717, 1.165) is 47.6 Å². The Hall–Kier alpha value is -2.50. The summed E-state index contributed by atoms with van der Waals surface area (Å²) in [5.74, 6) is 0.733. The molecule has 0 aromatic carbocycles. The van der Waals surface area contributed by atoms with Gasteiger partial charge in [0.2, 0.25) is 10.0 Å². The number of aromatic nitrogens is 3. The summed E-state index contributed by atoms with van der Waals surface area (Å²) < 4.78 is 23.1. The monoisotopic (exact) mass is 432 g/mol. The van der Waals surface area contributed by atoms with Gasteiger partial charge in [-0.15, -0.1) is 11.3 Å². The normalized spacial score (nSPS) is 18.9. The van der Waals surface area contributed by atoms with E-state index in [-0.39, 0.29) is 16.2 Å². The van der Waals surface area contributed by atoms with E-state index in [0.29, 0.717) is 24.5 Å². The molecule has 1 spiro atoms. The first kappa shape index (κ1) is 18.5. The summed E-state index contributed by atoms with van der Waals surface area (Å²) in [5, 5.41) is 7.57. The van der Waals surface area contributed by atoms with Crippen LogP contribution in [0.1, 0.15) is 22.5 Å². The molecule has 5 rings (SSSR count). The quantitative estimate of drug-likeness (QED) is 0.645. The number of H-pyrrole nitrogens is 1. The summed E-state index contributed by atoms with van der Waals surface area (Å²) >= 11 is 1.12. The van der Waals surface area contributed by atoms with E-state index in [9.17, 15) is 13.2 Å². The average Bonchev–Trinajstić information content (AvgIpc) is 3.08. The van der Waals surface area contributed by atoms with Crippen molar-refractivity contribution in [2.75, 3.05) is 31.1 Å². The molecule has 4 heterocycles. The molecule has 0 radical (unpaired) electrons. The molecule has 1 saturated carbocycles. The van der Waals surface area contributed by atoms with Crippen LogP contribution in [0.2, 0.25) is 0 Å². The SMILES string of the molecule is NS(=O)(=O)c1csc(C(=O)N2CCN(c3ncnc4[nH]ccc34)CC3(CC3)C2)c1. The lowest BCUT2D eigenvalue weighted by Gasteiger charge is -2.25. The Labute approximate surface area is 171 Å². The van der Waals surface area contributed by atoms with Gasteiger partial charge in [0.25, 0.3) is 5.91 Å². The van der Waals surface area contributed by atoms with Crippen LogP contribution in [0.4, 0.5) is 5.82 Å². The maximum atomic E-state index is 13.1. The summed E-state index contributed by atoms with van der Waals surface area (Å²) in [5.41, 5.74) is 0.853. The summed E-state index contributed by atoms with van der Waals surface area (Å²) in [6.45, 7) is 2.69. The molecule has 1 saturated heterocycles. The van der Waals surface area contributed by atoms with Gasteiger partial charge in [-0.1, -0.05) is 0 Å². The van der Waals surface area contributed by atoms with Gasteiger partial charge >= 0.3 is 0 Å². The first-order chi connectivity index (χ1) is 13.8. The number of nitrogens with one attached hydrogen (secondary N) is 1. The van der Waals surface area contributed by atoms with Gasteiger partial charge in [-0.25, -0.2) is 23.5 Å². The summed E-state index contributed by atoms with van der Waals surface area (Å²) in [6, 6.07) is 3.34. The molecule has 2 fully saturated rings. The molecule has 152 valence electrons. The molecule has 2 aliphatic rings. The van der Waals surface area contributed by atoms with Crippen LogP contribution < -0.4 is 10.0 Å². The Balaban J connectivity index is 1.41. The number of fused-ring (bicyclic) bond motifs is 1. The summed E-state index contributed by atoms with van der Waals surface area (Å²) in [4.78, 5) is 29.4. The van der Waals surface area contributed by atoms with Crippen LogP contribution in [0.25, 0.3) is 11.0 Å². The number of carbonyl (C=O) groups excluding carboxylic acids is 1. The molecule has 1 amide bonds. The number of amides is 1. The van der Waals surface area contributed by atoms with Crippen molar-refractivity contribution in [1.29, 1.82) is 0 Å². The number of hydrogen-bond donors (Lipinski definition) is 2. The minimum atomic E-state index is -3.81. The minimum Gasteiger partial charge on any atom is -0.354 e. The van der Waals surface area contributed by atoms with E-state index >= 15 is 0 Å². The van der Waals surface area contributed by atoms with Crippen molar-refractivity contribution in [3.05, 3.63) is 34.9 Å². The second-order valence-corrected chi connectivity index (χ2v) is 10.2. The molecule has 3 aromatic rings. The van der Waals surface area contributed by atoms with Gasteiger partial charge in [-0.05, 0) is 25.0 Å². The van der Waals surface area contributed by atoms with E-state index in [2.05, 4.69) is 19.9 Å². The van der Waals surface area contributed by atoms with Crippen LogP contribution >= 0.6 is 11.3 Å². The molecule has 0 bridgehead atoms. The fraction of sp³-hybridized carbons (Fsp3) is 0.389. The number of primary sulfonamides is 1. The number of anilines is 1. The van der Waals surface area contributed by atoms with E-state index in [1.54, 1.807) is 6.33 Å². The zero-order valence-electron chi connectivity index (χ0n) is 15.5. The maximum absolute atomic E-state index is 13.1. The summed E-state index contributed by atoms with van der Waals surface area (Å²) in [6.07, 6.45) is 5.52. The van der Waals surface area contributed by atoms with Crippen molar-refractivity contribution in [1.82, 2.24) is 19.9 Å². The zero-order chi connectivity index (χ0) is 20.2. The molecule has 11 heteroatoms. The number of aromatic amines is 1. The molecule has 3 N–H and O–H groups in total. The van der Waals surface area contributed by atoms with Gasteiger partial charge in [0, 0.05) is 43.2 Å². The maximum Gasteiger partial charge on any atom is 0.264 e. The Kier molecular flexibility index (Phi) is 4.16. The number of nitrogens with zero attached hydrogens (tertiary/aromatic N) is 4. The number of carbonyl (C=O) groups is 1. The van der Waals surface area contributed by atoms with Crippen molar-refractivity contribution in [3.8, 4) is 0 Å². The third kappa shape index (κ3) is 3.38. The van der Waals surface area contributed by atoms with Gasteiger partial charge in [-0.2, -0.15) is 0 Å². The highest BCUT2D eigenvalue weighted by atomic mass is 32.2. The number of nitrogens with two attached hydrogens (primary N) is 1. The number of sulfonamides is 1. The zero-order valence-corrected chi connectivity index (χ0v) is 17.2. The Morgan fingerprint density at radius 3 is 2.79 bits per heavy atom. The molecule has 29 heavy (non-hydrogen) atoms. The molecule has 0 atom stereocenters. The first-order valence-corrected chi connectivity index (χ1v) is 11.7. The molecule has 1 aliphatic heterocycles. The van der Waals surface area contributed by atoms with E-state index < -0.39 is 10.0 Å². The first-order valence-electron chi connectivity index (χ1n) is 9.28. The molecule has 0 unspecified atom stereocenters. The largest absolute Gasteiger partial charge is 0.354 e. The highest BCUT2D eigenvalue weighted by Gasteiger charge is 2.48. The van der Waals surface area contributed by atoms with Crippen LogP contribution in [0, 0.1) is 5.41 Å². The van der Waals surface area contributed by atoms with Crippen molar-refractivity contribution in [3.63, 3.8) is 0 Å². The molecule has 9 nitrogen and oxygen atoms in total. The molecule has 1 aliphatic carbocycles. The lowest BCUT2D eigenvalue weighted by Crippen LogP contribution is -2.36. The van der Waals surface area contributed by atoms with E-state index in [1.807, 2.05) is 17.2 Å². The lowest BCUT2D eigenvalue weighted by molar-refractivity contribution is 0.0745. The van der Waals surface area contributed by atoms with Crippen LogP contribution in [0.15, 0.2) is 34.9 Å². The van der Waals surface area contributed by atoms with Crippen molar-refractivity contribution >= 4 is 44.1 Å². The highest BCUT2D eigenvalue weighted by Crippen LogP contribution is 2.48. The third-order valence-electron chi connectivity index (χ3n) is 5.68. The fourth-order valence-corrected chi connectivity index (χ4v) is 5.73. The second kappa shape index (κ2) is 6.51. The minimum absolute atomic E-state index is 0.0146. The Bertz CT molecular complexity index is 1200. The van der Waals surface area contributed by atoms with Gasteiger partial charge in [0.05, 0.1) is 15.2 Å². The van der Waals surface area contributed by atoms with Crippen LogP contribution in [0.3, 0.4) is 0 Å². The number of thiophene rings is 1. The van der Waals surface area contributed by atoms with Crippen LogP contribution in [0.5, 0.6) is 0 Å². The van der Waals surface area contributed by atoms with Gasteiger partial charge in [0.15, 0.2) is 0 Å². The third-order valence-corrected chi connectivity index (χ3v) is 7.64. The highest BCUT2D eigenvalue weighted by molar-refractivity contribution is 7.89. The van der Waals surface area contributed by atoms with Gasteiger partial charge in [0.1, 0.15) is 17.8 Å². The van der Waals surface area contributed by atoms with Crippen LogP contribution in [-0.4, -0.2) is 60.4 Å². The van der Waals surface area contributed by atoms with Gasteiger partial charge < -0.3 is 14.8 Å². The fourth-order valence-electron chi connectivity index (χ4n) is 3.95. The summed E-state index contributed by atoms with van der Waals surface area (Å²) in [7, 11) is -3.81. The Morgan fingerprint density at radius 2 is 2.07 bits per heavy atom. The standard InChI is InChI=1S/C18H20N6O3S2/c19-29(26,27)12-7-14(28-8-12)17(25)24-6-5-23(9-18(10-24)2-3-18)16-13-1-4-20-15(13)21-11-22-16/h1,4,7-8,11H,2-3,5-6,9-10H2,(H2,19,26,27)(H,20,21,22). The molecule has 3 aromatic heterocycles. The van der Waals surface area contributed by atoms with Crippen molar-refractivity contribution in [2.24, 2.45) is 10.6 Å². The topological polar surface area (TPSA) is 125 Å². The predicted molar refractivity (Wildman–Crippen MR) is 109 cm³/mol. The molecular formula is C18H20N6O3S2. The van der Waals surface area contributed by atoms with Crippen LogP contribution in [-0.2, 0) is 10.0 Å². The molecular weight excluding hydrogens is 412 g/mol. The number of hydrogen-bond acceptors (Lipinski definition) is 7. The number of rotatable bonds is 3. The second-order valence-electron chi connectivity index (χ2n) is 7.78. The van der Waals surface area contributed by atoms with Crippen molar-refractivity contribution < 1.29 is 13.2 Å². The van der Waals surface area contributed by atoms with Gasteiger partial charge in [-0.3, -0.25) is 4.79 Å². The van der Waals surface area contributed by atoms with E-state index in [4.69, 9.17) is 5.14 Å². The smallest absolute Gasteiger partial charge is 0.264 e. The van der Waals surface area contributed by atoms with E-state index in [1.165, 1.54) is 11.4 Å². The average molecular weight is 433 g/mol. The lowest BCUT2D eigenvalue weighted by atomic mass is 10.1. The predicted octanol–water partition coefficient (Wildman–Crippen LogP) is 1.41. The Morgan fingerprint density at radius 1 is 1.24 bits per heavy atom. The van der Waals surface area contributed by atoms with Crippen molar-refractivity contribution in [2.45, 2.75) is 17.7 Å².